The van der Waals surface area contributed by atoms with Gasteiger partial charge in [-0.1, -0.05) is 41.5 Å². The molecule has 3 heteroatoms. The number of benzene rings is 2. The van der Waals surface area contributed by atoms with Gasteiger partial charge in [0.25, 0.3) is 0 Å². The first-order valence-electron chi connectivity index (χ1n) is 7.57. The van der Waals surface area contributed by atoms with E-state index in [0.717, 1.165) is 5.46 Å². The summed E-state index contributed by atoms with van der Waals surface area (Å²) in [5, 5.41) is 2.46. The number of hydrogen-bond acceptors (Lipinski definition) is 2. The van der Waals surface area contributed by atoms with Crippen molar-refractivity contribution in [3.63, 3.8) is 0 Å². The second-order valence-corrected chi connectivity index (χ2v) is 7.11. The summed E-state index contributed by atoms with van der Waals surface area (Å²) in [6.45, 7) is 12.6. The molecule has 3 rings (SSSR count). The summed E-state index contributed by atoms with van der Waals surface area (Å²) in [5.41, 5.74) is 3.01. The largest absolute Gasteiger partial charge is 0.495 e. The zero-order valence-electron chi connectivity index (χ0n) is 13.8. The first-order valence-corrected chi connectivity index (χ1v) is 7.57. The highest BCUT2D eigenvalue weighted by atomic mass is 16.7. The van der Waals surface area contributed by atoms with E-state index in [4.69, 9.17) is 9.31 Å². The molecule has 0 amide bonds. The molecular formula is C18H23BO2. The van der Waals surface area contributed by atoms with Crippen molar-refractivity contribution in [3.05, 3.63) is 41.5 Å². The van der Waals surface area contributed by atoms with Crippen LogP contribution in [0.5, 0.6) is 0 Å². The van der Waals surface area contributed by atoms with E-state index >= 15 is 0 Å². The summed E-state index contributed by atoms with van der Waals surface area (Å²) in [5.74, 6) is 0. The maximum Gasteiger partial charge on any atom is 0.495 e. The minimum absolute atomic E-state index is 0.305. The molecule has 1 heterocycles. The molecule has 110 valence electrons. The van der Waals surface area contributed by atoms with Gasteiger partial charge in [0.1, 0.15) is 0 Å². The average molecular weight is 282 g/mol. The molecule has 1 fully saturated rings. The monoisotopic (exact) mass is 282 g/mol. The molecule has 0 radical (unpaired) electrons. The second-order valence-electron chi connectivity index (χ2n) is 7.11. The molecular weight excluding hydrogens is 259 g/mol. The second kappa shape index (κ2) is 4.59. The third-order valence-electron chi connectivity index (χ3n) is 4.93. The molecule has 1 aliphatic heterocycles. The predicted molar refractivity (Wildman–Crippen MR) is 89.1 cm³/mol. The van der Waals surface area contributed by atoms with Crippen LogP contribution >= 0.6 is 0 Å². The molecule has 2 aromatic carbocycles. The van der Waals surface area contributed by atoms with Gasteiger partial charge in [0.05, 0.1) is 11.2 Å². The predicted octanol–water partition coefficient (Wildman–Crippen LogP) is 3.76. The Kier molecular flexibility index (Phi) is 3.19. The highest BCUT2D eigenvalue weighted by Gasteiger charge is 2.52. The standard InChI is InChI=1S/C18H23BO2/c1-12-7-9-14-10-8-13(2)16(15(14)11-12)19-20-17(3,4)18(5,6)21-19/h7-11H,1-6H3. The number of aryl methyl sites for hydroxylation is 2. The molecule has 0 N–H and O–H groups in total. The van der Waals surface area contributed by atoms with Crippen molar-refractivity contribution in [1.82, 2.24) is 0 Å². The van der Waals surface area contributed by atoms with E-state index in [1.807, 2.05) is 0 Å². The van der Waals surface area contributed by atoms with E-state index in [-0.39, 0.29) is 18.3 Å². The fourth-order valence-electron chi connectivity index (χ4n) is 2.84. The molecule has 0 aliphatic carbocycles. The van der Waals surface area contributed by atoms with Crippen LogP contribution in [0.1, 0.15) is 38.8 Å². The fourth-order valence-corrected chi connectivity index (χ4v) is 2.84. The first kappa shape index (κ1) is 14.6. The molecule has 21 heavy (non-hydrogen) atoms. The fraction of sp³-hybridized carbons (Fsp3) is 0.444. The summed E-state index contributed by atoms with van der Waals surface area (Å²) < 4.78 is 12.5. The van der Waals surface area contributed by atoms with Crippen molar-refractivity contribution in [1.29, 1.82) is 0 Å². The Balaban J connectivity index is 2.17. The molecule has 1 aliphatic rings. The molecule has 1 saturated heterocycles. The normalized spacial score (nSPS) is 20.2. The minimum atomic E-state index is -0.309. The van der Waals surface area contributed by atoms with Crippen molar-refractivity contribution in [3.8, 4) is 0 Å². The van der Waals surface area contributed by atoms with E-state index in [9.17, 15) is 0 Å². The Hall–Kier alpha value is -1.32. The maximum absolute atomic E-state index is 6.26. The number of fused-ring (bicyclic) bond motifs is 1. The third-order valence-corrected chi connectivity index (χ3v) is 4.93. The van der Waals surface area contributed by atoms with E-state index in [2.05, 4.69) is 71.9 Å². The summed E-state index contributed by atoms with van der Waals surface area (Å²) in [7, 11) is -0.305. The Morgan fingerprint density at radius 1 is 0.857 bits per heavy atom. The number of rotatable bonds is 1. The van der Waals surface area contributed by atoms with Gasteiger partial charge in [0.2, 0.25) is 0 Å². The SMILES string of the molecule is Cc1ccc2ccc(C)c(B3OC(C)(C)C(C)(C)O3)c2c1. The van der Waals surface area contributed by atoms with Gasteiger partial charge in [0, 0.05) is 0 Å². The van der Waals surface area contributed by atoms with Gasteiger partial charge in [-0.25, -0.2) is 0 Å². The van der Waals surface area contributed by atoms with Crippen LogP contribution in [0.25, 0.3) is 10.8 Å². The average Bonchev–Trinajstić information content (AvgIpc) is 2.57. The van der Waals surface area contributed by atoms with Crippen LogP contribution in [0.3, 0.4) is 0 Å². The summed E-state index contributed by atoms with van der Waals surface area (Å²) >= 11 is 0. The first-order chi connectivity index (χ1) is 9.71. The topological polar surface area (TPSA) is 18.5 Å². The molecule has 0 aromatic heterocycles. The molecule has 0 bridgehead atoms. The molecule has 0 spiro atoms. The number of hydrogen-bond donors (Lipinski definition) is 0. The van der Waals surface area contributed by atoms with Crippen molar-refractivity contribution in [2.24, 2.45) is 0 Å². The third kappa shape index (κ3) is 2.29. The Morgan fingerprint density at radius 3 is 2.05 bits per heavy atom. The van der Waals surface area contributed by atoms with E-state index < -0.39 is 0 Å². The smallest absolute Gasteiger partial charge is 0.399 e. The Labute approximate surface area is 127 Å². The van der Waals surface area contributed by atoms with Gasteiger partial charge >= 0.3 is 7.12 Å². The van der Waals surface area contributed by atoms with Gasteiger partial charge in [-0.3, -0.25) is 0 Å². The maximum atomic E-state index is 6.26. The highest BCUT2D eigenvalue weighted by molar-refractivity contribution is 6.65. The van der Waals surface area contributed by atoms with Gasteiger partial charge in [-0.2, -0.15) is 0 Å². The quantitative estimate of drug-likeness (QED) is 0.741. The van der Waals surface area contributed by atoms with Gasteiger partial charge in [-0.05, 0) is 57.8 Å². The van der Waals surface area contributed by atoms with Crippen LogP contribution in [0.15, 0.2) is 30.3 Å². The van der Waals surface area contributed by atoms with Crippen molar-refractivity contribution in [2.45, 2.75) is 52.7 Å². The van der Waals surface area contributed by atoms with Gasteiger partial charge in [0.15, 0.2) is 0 Å². The summed E-state index contributed by atoms with van der Waals surface area (Å²) in [6, 6.07) is 10.9. The zero-order valence-corrected chi connectivity index (χ0v) is 13.8. The van der Waals surface area contributed by atoms with Crippen LogP contribution in [-0.2, 0) is 9.31 Å². The van der Waals surface area contributed by atoms with Gasteiger partial charge < -0.3 is 9.31 Å². The van der Waals surface area contributed by atoms with Crippen LogP contribution < -0.4 is 5.46 Å². The molecule has 2 aromatic rings. The zero-order chi connectivity index (χ0) is 15.4. The van der Waals surface area contributed by atoms with E-state index in [0.29, 0.717) is 0 Å². The van der Waals surface area contributed by atoms with Crippen molar-refractivity contribution in [2.75, 3.05) is 0 Å². The minimum Gasteiger partial charge on any atom is -0.399 e. The summed E-state index contributed by atoms with van der Waals surface area (Å²) in [4.78, 5) is 0. The van der Waals surface area contributed by atoms with Crippen molar-refractivity contribution < 1.29 is 9.31 Å². The Bertz CT molecular complexity index is 682. The van der Waals surface area contributed by atoms with Crippen LogP contribution in [0.4, 0.5) is 0 Å². The highest BCUT2D eigenvalue weighted by Crippen LogP contribution is 2.37. The van der Waals surface area contributed by atoms with Crippen LogP contribution in [0, 0.1) is 13.8 Å². The lowest BCUT2D eigenvalue weighted by Gasteiger charge is -2.32. The molecule has 2 nitrogen and oxygen atoms in total. The lowest BCUT2D eigenvalue weighted by molar-refractivity contribution is 0.00578. The van der Waals surface area contributed by atoms with E-state index in [1.165, 1.54) is 21.9 Å². The van der Waals surface area contributed by atoms with Crippen molar-refractivity contribution >= 4 is 23.4 Å². The molecule has 0 atom stereocenters. The van der Waals surface area contributed by atoms with Gasteiger partial charge in [-0.15, -0.1) is 0 Å². The van der Waals surface area contributed by atoms with E-state index in [1.54, 1.807) is 0 Å². The Morgan fingerprint density at radius 2 is 1.43 bits per heavy atom. The van der Waals surface area contributed by atoms with Crippen LogP contribution in [-0.4, -0.2) is 18.3 Å². The molecule has 0 unspecified atom stereocenters. The summed E-state index contributed by atoms with van der Waals surface area (Å²) in [6.07, 6.45) is 0. The lowest BCUT2D eigenvalue weighted by Crippen LogP contribution is -2.41. The van der Waals surface area contributed by atoms with Crippen LogP contribution in [0.2, 0.25) is 0 Å². The lowest BCUT2D eigenvalue weighted by atomic mass is 9.73. The molecule has 0 saturated carbocycles.